The van der Waals surface area contributed by atoms with Crippen molar-refractivity contribution in [2.75, 3.05) is 0 Å². The van der Waals surface area contributed by atoms with Crippen molar-refractivity contribution in [1.29, 1.82) is 0 Å². The van der Waals surface area contributed by atoms with Gasteiger partial charge >= 0.3 is 0 Å². The van der Waals surface area contributed by atoms with E-state index in [0.717, 1.165) is 33.3 Å². The summed E-state index contributed by atoms with van der Waals surface area (Å²) in [6.45, 7) is 0. The quantitative estimate of drug-likeness (QED) is 0.176. The summed E-state index contributed by atoms with van der Waals surface area (Å²) in [5.74, 6) is 0. The molecule has 3 aromatic heterocycles. The van der Waals surface area contributed by atoms with Crippen molar-refractivity contribution in [3.63, 3.8) is 0 Å². The molecule has 9 aromatic carbocycles. The maximum absolute atomic E-state index is 6.21. The normalized spacial score (nSPS) is 13.3. The van der Waals surface area contributed by atoms with Crippen LogP contribution in [-0.4, -0.2) is 9.13 Å². The molecule has 1 aliphatic rings. The Balaban J connectivity index is 1.04. The predicted octanol–water partition coefficient (Wildman–Crippen LogP) is 14.1. The van der Waals surface area contributed by atoms with Crippen molar-refractivity contribution in [2.24, 2.45) is 0 Å². The maximum atomic E-state index is 6.21. The first-order chi connectivity index (χ1) is 28.8. The van der Waals surface area contributed by atoms with E-state index in [4.69, 9.17) is 4.42 Å². The third-order valence-corrected chi connectivity index (χ3v) is 12.8. The van der Waals surface area contributed by atoms with Crippen LogP contribution in [0.2, 0.25) is 0 Å². The summed E-state index contributed by atoms with van der Waals surface area (Å²) < 4.78 is 11.1. The van der Waals surface area contributed by atoms with Crippen LogP contribution in [0.4, 0.5) is 0 Å². The Morgan fingerprint density at radius 3 is 1.48 bits per heavy atom. The van der Waals surface area contributed by atoms with Gasteiger partial charge in [0.2, 0.25) is 0 Å². The molecule has 0 fully saturated rings. The summed E-state index contributed by atoms with van der Waals surface area (Å²) in [4.78, 5) is 0. The second-order valence-electron chi connectivity index (χ2n) is 15.6. The van der Waals surface area contributed by atoms with E-state index in [1.165, 1.54) is 77.0 Å². The zero-order valence-corrected chi connectivity index (χ0v) is 31.4. The number of nitrogens with zero attached hydrogens (tertiary/aromatic N) is 2. The lowest BCUT2D eigenvalue weighted by molar-refractivity contribution is 0.669. The average Bonchev–Trinajstić information content (AvgIpc) is 4.02. The van der Waals surface area contributed by atoms with Crippen LogP contribution in [-0.2, 0) is 5.41 Å². The zero-order chi connectivity index (χ0) is 38.0. The lowest BCUT2D eigenvalue weighted by Crippen LogP contribution is -2.28. The van der Waals surface area contributed by atoms with E-state index in [2.05, 4.69) is 203 Å². The SMILES string of the molecule is c1ccc(C2(c3ccc4c(c3)c3ccccc3n4-c3ccc4c(c3)c3ccccc3n4-c3ccc4oc5ccccc5c4c3)c3ccccc3-c3ccccc32)cc1. The van der Waals surface area contributed by atoms with Gasteiger partial charge in [-0.3, -0.25) is 0 Å². The molecule has 0 radical (unpaired) electrons. The summed E-state index contributed by atoms with van der Waals surface area (Å²) in [6.07, 6.45) is 0. The first-order valence-electron chi connectivity index (χ1n) is 20.0. The van der Waals surface area contributed by atoms with E-state index >= 15 is 0 Å². The standard InChI is InChI=1S/C55H34N2O/c1-2-14-35(15-3-1)55(47-21-9-4-16-39(47)40-17-5-10-22-48(40)55)36-26-29-51-44(32-36)41-18-6-11-23-49(41)56(51)37-27-30-52-45(33-37)42-19-7-12-24-50(42)57(52)38-28-31-54-46(34-38)43-20-8-13-25-53(43)58-54/h1-34H. The lowest BCUT2D eigenvalue weighted by Gasteiger charge is -2.34. The molecule has 0 N–H and O–H groups in total. The van der Waals surface area contributed by atoms with Crippen LogP contribution in [0.15, 0.2) is 211 Å². The number of fused-ring (bicyclic) bond motifs is 12. The molecule has 3 nitrogen and oxygen atoms in total. The Bertz CT molecular complexity index is 3590. The molecule has 0 saturated heterocycles. The molecule has 13 rings (SSSR count). The van der Waals surface area contributed by atoms with Crippen LogP contribution in [0.5, 0.6) is 0 Å². The number of aromatic nitrogens is 2. The number of hydrogen-bond donors (Lipinski definition) is 0. The number of hydrogen-bond acceptors (Lipinski definition) is 1. The fraction of sp³-hybridized carbons (Fsp3) is 0.0182. The van der Waals surface area contributed by atoms with Gasteiger partial charge in [-0.2, -0.15) is 0 Å². The van der Waals surface area contributed by atoms with Crippen molar-refractivity contribution in [1.82, 2.24) is 9.13 Å². The molecule has 0 saturated carbocycles. The molecular weight excluding hydrogens is 705 g/mol. The van der Waals surface area contributed by atoms with Gasteiger partial charge in [-0.1, -0.05) is 140 Å². The van der Waals surface area contributed by atoms with Crippen molar-refractivity contribution in [3.05, 3.63) is 229 Å². The zero-order valence-electron chi connectivity index (χ0n) is 31.4. The van der Waals surface area contributed by atoms with Gasteiger partial charge in [0.05, 0.1) is 27.5 Å². The average molecular weight is 739 g/mol. The topological polar surface area (TPSA) is 23.0 Å². The second-order valence-corrected chi connectivity index (χ2v) is 15.6. The Labute approximate surface area is 334 Å². The third-order valence-electron chi connectivity index (χ3n) is 12.8. The summed E-state index contributed by atoms with van der Waals surface area (Å²) >= 11 is 0. The Hall–Kier alpha value is -7.62. The molecule has 0 aliphatic heterocycles. The van der Waals surface area contributed by atoms with Gasteiger partial charge in [0.25, 0.3) is 0 Å². The van der Waals surface area contributed by atoms with Gasteiger partial charge in [0, 0.05) is 43.7 Å². The third kappa shape index (κ3) is 4.12. The van der Waals surface area contributed by atoms with E-state index in [-0.39, 0.29) is 0 Å². The van der Waals surface area contributed by atoms with Crippen LogP contribution in [0.25, 0.3) is 88.1 Å². The van der Waals surface area contributed by atoms with Gasteiger partial charge in [-0.25, -0.2) is 0 Å². The van der Waals surface area contributed by atoms with Crippen molar-refractivity contribution in [2.45, 2.75) is 5.41 Å². The van der Waals surface area contributed by atoms with Gasteiger partial charge in [0.15, 0.2) is 0 Å². The van der Waals surface area contributed by atoms with E-state index in [1.807, 2.05) is 12.1 Å². The molecule has 0 bridgehead atoms. The minimum atomic E-state index is -0.460. The number of rotatable bonds is 4. The molecular formula is C55H34N2O. The molecule has 270 valence electrons. The predicted molar refractivity (Wildman–Crippen MR) is 240 cm³/mol. The van der Waals surface area contributed by atoms with E-state index in [0.29, 0.717) is 0 Å². The van der Waals surface area contributed by atoms with E-state index < -0.39 is 5.41 Å². The Morgan fingerprint density at radius 1 is 0.310 bits per heavy atom. The highest BCUT2D eigenvalue weighted by Crippen LogP contribution is 2.56. The first kappa shape index (κ1) is 31.6. The summed E-state index contributed by atoms with van der Waals surface area (Å²) in [5.41, 5.74) is 16.1. The largest absolute Gasteiger partial charge is 0.456 e. The molecule has 0 atom stereocenters. The fourth-order valence-electron chi connectivity index (χ4n) is 10.4. The Kier molecular flexibility index (Phi) is 6.37. The molecule has 0 amide bonds. The Morgan fingerprint density at radius 2 is 0.793 bits per heavy atom. The molecule has 3 heteroatoms. The molecule has 1 aliphatic carbocycles. The minimum absolute atomic E-state index is 0.460. The number of benzene rings is 9. The molecule has 3 heterocycles. The molecule has 12 aromatic rings. The van der Waals surface area contributed by atoms with Crippen LogP contribution >= 0.6 is 0 Å². The fourth-order valence-corrected chi connectivity index (χ4v) is 10.4. The maximum Gasteiger partial charge on any atom is 0.135 e. The van der Waals surface area contributed by atoms with Crippen LogP contribution in [0.3, 0.4) is 0 Å². The van der Waals surface area contributed by atoms with Crippen LogP contribution in [0, 0.1) is 0 Å². The van der Waals surface area contributed by atoms with Gasteiger partial charge in [-0.15, -0.1) is 0 Å². The van der Waals surface area contributed by atoms with Crippen molar-refractivity contribution < 1.29 is 4.42 Å². The van der Waals surface area contributed by atoms with Crippen molar-refractivity contribution >= 4 is 65.6 Å². The lowest BCUT2D eigenvalue weighted by atomic mass is 9.67. The molecule has 58 heavy (non-hydrogen) atoms. The van der Waals surface area contributed by atoms with Crippen molar-refractivity contribution in [3.8, 4) is 22.5 Å². The highest BCUT2D eigenvalue weighted by atomic mass is 16.3. The molecule has 0 unspecified atom stereocenters. The number of furan rings is 1. The minimum Gasteiger partial charge on any atom is -0.456 e. The summed E-state index contributed by atoms with van der Waals surface area (Å²) in [5, 5.41) is 7.18. The first-order valence-corrected chi connectivity index (χ1v) is 20.0. The van der Waals surface area contributed by atoms with Gasteiger partial charge in [0.1, 0.15) is 11.2 Å². The smallest absolute Gasteiger partial charge is 0.135 e. The van der Waals surface area contributed by atoms with Crippen LogP contribution < -0.4 is 0 Å². The second kappa shape index (κ2) is 11.7. The van der Waals surface area contributed by atoms with Gasteiger partial charge in [-0.05, 0) is 100 Å². The van der Waals surface area contributed by atoms with E-state index in [1.54, 1.807) is 0 Å². The molecule has 0 spiro atoms. The monoisotopic (exact) mass is 738 g/mol. The summed E-state index contributed by atoms with van der Waals surface area (Å²) in [6, 6.07) is 75.7. The summed E-state index contributed by atoms with van der Waals surface area (Å²) in [7, 11) is 0. The highest BCUT2D eigenvalue weighted by molar-refractivity contribution is 6.13. The number of para-hydroxylation sites is 3. The highest BCUT2D eigenvalue weighted by Gasteiger charge is 2.46. The van der Waals surface area contributed by atoms with Gasteiger partial charge < -0.3 is 13.6 Å². The van der Waals surface area contributed by atoms with Crippen LogP contribution in [0.1, 0.15) is 22.3 Å². The van der Waals surface area contributed by atoms with E-state index in [9.17, 15) is 0 Å².